The minimum Gasteiger partial charge on any atom is -0.481 e. The van der Waals surface area contributed by atoms with E-state index >= 15 is 0 Å². The predicted molar refractivity (Wildman–Crippen MR) is 113 cm³/mol. The second-order valence-corrected chi connectivity index (χ2v) is 7.84. The van der Waals surface area contributed by atoms with E-state index in [9.17, 15) is 14.7 Å². The Labute approximate surface area is 172 Å². The fraction of sp³-hybridized carbons (Fsp3) is 0.440. The van der Waals surface area contributed by atoms with Crippen molar-refractivity contribution < 1.29 is 19.4 Å². The van der Waals surface area contributed by atoms with E-state index in [1.807, 2.05) is 60.7 Å². The molecule has 1 aliphatic rings. The number of carbonyl (C=O) groups excluding carboxylic acids is 1. The maximum Gasteiger partial charge on any atom is 0.310 e. The number of carboxylic acids is 1. The zero-order valence-corrected chi connectivity index (χ0v) is 17.0. The van der Waals surface area contributed by atoms with Gasteiger partial charge in [-0.3, -0.25) is 9.59 Å². The Morgan fingerprint density at radius 1 is 0.793 bits per heavy atom. The zero-order valence-electron chi connectivity index (χ0n) is 17.0. The summed E-state index contributed by atoms with van der Waals surface area (Å²) < 4.78 is 5.63. The van der Waals surface area contributed by atoms with E-state index in [0.717, 1.165) is 30.4 Å². The fourth-order valence-corrected chi connectivity index (χ4v) is 4.50. The Hall–Kier alpha value is -2.62. The molecule has 2 aromatic rings. The first-order valence-corrected chi connectivity index (χ1v) is 10.6. The maximum absolute atomic E-state index is 13.0. The van der Waals surface area contributed by atoms with E-state index < -0.39 is 17.8 Å². The number of aliphatic carboxylic acids is 1. The minimum atomic E-state index is -0.865. The lowest BCUT2D eigenvalue weighted by Gasteiger charge is -2.49. The summed E-state index contributed by atoms with van der Waals surface area (Å²) in [6, 6.07) is 19.0. The van der Waals surface area contributed by atoms with Crippen LogP contribution in [0, 0.1) is 11.8 Å². The molecule has 0 aromatic heterocycles. The molecule has 0 bridgehead atoms. The molecular formula is C25H30O4. The quantitative estimate of drug-likeness (QED) is 0.433. The van der Waals surface area contributed by atoms with Gasteiger partial charge in [-0.15, -0.1) is 0 Å². The highest BCUT2D eigenvalue weighted by molar-refractivity contribution is 5.84. The number of esters is 1. The predicted octanol–water partition coefficient (Wildman–Crippen LogP) is 5.40. The number of hydrogen-bond acceptors (Lipinski definition) is 3. The number of carboxylic acid groups (broad SMARTS) is 1. The van der Waals surface area contributed by atoms with Crippen molar-refractivity contribution in [3.8, 4) is 0 Å². The average Bonchev–Trinajstić information content (AvgIpc) is 2.71. The van der Waals surface area contributed by atoms with Gasteiger partial charge in [-0.25, -0.2) is 0 Å². The summed E-state index contributed by atoms with van der Waals surface area (Å²) in [4.78, 5) is 25.2. The van der Waals surface area contributed by atoms with Crippen LogP contribution in [0.25, 0.3) is 0 Å². The summed E-state index contributed by atoms with van der Waals surface area (Å²) in [5.74, 6) is -2.99. The molecule has 4 nitrogen and oxygen atoms in total. The van der Waals surface area contributed by atoms with Crippen LogP contribution in [0.1, 0.15) is 62.0 Å². The maximum atomic E-state index is 13.0. The summed E-state index contributed by atoms with van der Waals surface area (Å²) in [5, 5.41) is 9.94. The van der Waals surface area contributed by atoms with Crippen LogP contribution in [0.5, 0.6) is 0 Å². The molecule has 1 fully saturated rings. The monoisotopic (exact) mass is 394 g/mol. The SMILES string of the molecule is CCCCCCCOC(=O)C1[C@H](c2ccccc2)C(C(=O)O)[C@H]1c1ccccc1. The van der Waals surface area contributed by atoms with Crippen molar-refractivity contribution in [2.24, 2.45) is 11.8 Å². The van der Waals surface area contributed by atoms with Crippen molar-refractivity contribution in [2.75, 3.05) is 6.61 Å². The lowest BCUT2D eigenvalue weighted by molar-refractivity contribution is -0.164. The summed E-state index contributed by atoms with van der Waals surface area (Å²) in [7, 11) is 0. The second kappa shape index (κ2) is 10.2. The number of unbranched alkanes of at least 4 members (excludes halogenated alkanes) is 4. The van der Waals surface area contributed by atoms with E-state index in [2.05, 4.69) is 6.92 Å². The van der Waals surface area contributed by atoms with Gasteiger partial charge < -0.3 is 9.84 Å². The van der Waals surface area contributed by atoms with Crippen molar-refractivity contribution in [1.29, 1.82) is 0 Å². The van der Waals surface area contributed by atoms with E-state index in [4.69, 9.17) is 4.74 Å². The van der Waals surface area contributed by atoms with Gasteiger partial charge in [0.15, 0.2) is 0 Å². The Kier molecular flexibility index (Phi) is 7.45. The lowest BCUT2D eigenvalue weighted by Crippen LogP contribution is -2.51. The third-order valence-electron chi connectivity index (χ3n) is 5.97. The molecule has 154 valence electrons. The molecule has 2 aromatic carbocycles. The van der Waals surface area contributed by atoms with Gasteiger partial charge in [0, 0.05) is 11.8 Å². The molecule has 0 spiro atoms. The van der Waals surface area contributed by atoms with Crippen molar-refractivity contribution in [3.63, 3.8) is 0 Å². The van der Waals surface area contributed by atoms with Gasteiger partial charge in [-0.1, -0.05) is 93.3 Å². The van der Waals surface area contributed by atoms with Crippen LogP contribution in [0.15, 0.2) is 60.7 Å². The van der Waals surface area contributed by atoms with E-state index in [-0.39, 0.29) is 17.8 Å². The van der Waals surface area contributed by atoms with E-state index in [1.54, 1.807) is 0 Å². The summed E-state index contributed by atoms with van der Waals surface area (Å²) >= 11 is 0. The lowest BCUT2D eigenvalue weighted by atomic mass is 9.52. The van der Waals surface area contributed by atoms with Crippen molar-refractivity contribution >= 4 is 11.9 Å². The molecule has 0 radical (unpaired) electrons. The van der Waals surface area contributed by atoms with Crippen LogP contribution in [-0.4, -0.2) is 23.7 Å². The third-order valence-corrected chi connectivity index (χ3v) is 5.97. The Bertz CT molecular complexity index is 739. The Balaban J connectivity index is 1.78. The molecule has 29 heavy (non-hydrogen) atoms. The molecule has 0 unspecified atom stereocenters. The summed E-state index contributed by atoms with van der Waals surface area (Å²) in [5.41, 5.74) is 1.77. The third kappa shape index (κ3) is 4.87. The first-order chi connectivity index (χ1) is 14.1. The van der Waals surface area contributed by atoms with Crippen molar-refractivity contribution in [3.05, 3.63) is 71.8 Å². The number of ether oxygens (including phenoxy) is 1. The van der Waals surface area contributed by atoms with Crippen LogP contribution in [0.3, 0.4) is 0 Å². The van der Waals surface area contributed by atoms with Crippen LogP contribution in [0.2, 0.25) is 0 Å². The van der Waals surface area contributed by atoms with Gasteiger partial charge >= 0.3 is 11.9 Å². The molecule has 2 atom stereocenters. The highest BCUT2D eigenvalue weighted by atomic mass is 16.5. The largest absolute Gasteiger partial charge is 0.481 e. The number of rotatable bonds is 10. The van der Waals surface area contributed by atoms with Gasteiger partial charge in [0.2, 0.25) is 0 Å². The van der Waals surface area contributed by atoms with Gasteiger partial charge in [0.25, 0.3) is 0 Å². The molecule has 1 saturated carbocycles. The molecule has 0 amide bonds. The van der Waals surface area contributed by atoms with Crippen LogP contribution in [0.4, 0.5) is 0 Å². The zero-order chi connectivity index (χ0) is 20.6. The van der Waals surface area contributed by atoms with Crippen LogP contribution >= 0.6 is 0 Å². The molecule has 1 N–H and O–H groups in total. The van der Waals surface area contributed by atoms with Gasteiger partial charge in [-0.05, 0) is 17.5 Å². The average molecular weight is 395 g/mol. The topological polar surface area (TPSA) is 63.6 Å². The Morgan fingerprint density at radius 3 is 1.79 bits per heavy atom. The number of benzene rings is 2. The van der Waals surface area contributed by atoms with Crippen molar-refractivity contribution in [1.82, 2.24) is 0 Å². The van der Waals surface area contributed by atoms with E-state index in [0.29, 0.717) is 6.61 Å². The number of carbonyl (C=O) groups is 2. The second-order valence-electron chi connectivity index (χ2n) is 7.84. The summed E-state index contributed by atoms with van der Waals surface area (Å²) in [6.07, 6.45) is 5.43. The van der Waals surface area contributed by atoms with E-state index in [1.165, 1.54) is 12.8 Å². The highest BCUT2D eigenvalue weighted by Gasteiger charge is 2.59. The van der Waals surface area contributed by atoms with Crippen LogP contribution < -0.4 is 0 Å². The fourth-order valence-electron chi connectivity index (χ4n) is 4.50. The highest BCUT2D eigenvalue weighted by Crippen LogP contribution is 2.58. The molecule has 0 saturated heterocycles. The molecule has 1 aliphatic carbocycles. The van der Waals surface area contributed by atoms with Crippen LogP contribution in [-0.2, 0) is 14.3 Å². The first kappa shape index (κ1) is 21.1. The number of hydrogen-bond donors (Lipinski definition) is 1. The van der Waals surface area contributed by atoms with Crippen molar-refractivity contribution in [2.45, 2.75) is 50.9 Å². The van der Waals surface area contributed by atoms with Gasteiger partial charge in [-0.2, -0.15) is 0 Å². The Morgan fingerprint density at radius 2 is 1.31 bits per heavy atom. The molecule has 0 aliphatic heterocycles. The normalized spacial score (nSPS) is 23.2. The molecular weight excluding hydrogens is 364 g/mol. The van der Waals surface area contributed by atoms with Gasteiger partial charge in [0.05, 0.1) is 18.4 Å². The van der Waals surface area contributed by atoms with Gasteiger partial charge in [0.1, 0.15) is 0 Å². The molecule has 0 heterocycles. The minimum absolute atomic E-state index is 0.277. The summed E-state index contributed by atoms with van der Waals surface area (Å²) in [6.45, 7) is 2.57. The first-order valence-electron chi connectivity index (χ1n) is 10.6. The smallest absolute Gasteiger partial charge is 0.310 e. The standard InChI is InChI=1S/C25H30O4/c1-2-3-4-5-12-17-29-25(28)23-20(18-13-8-6-9-14-18)22(24(26)27)21(23)19-15-10-7-11-16-19/h6-11,13-16,20-23H,2-5,12,17H2,1H3,(H,26,27)/t20-,21-,22?,23?/m1/s1. The molecule has 4 heteroatoms. The molecule has 3 rings (SSSR count).